The molecule has 0 saturated carbocycles. The standard InChI is InChI=1S/C8H14N4O/c1-12-6-4-7(11-12)10-8(13)3-2-5-9/h4,6H,2-3,5,9H2,1H3,(H,10,11,13). The minimum Gasteiger partial charge on any atom is -0.330 e. The lowest BCUT2D eigenvalue weighted by molar-refractivity contribution is -0.116. The van der Waals surface area contributed by atoms with E-state index in [1.165, 1.54) is 0 Å². The molecule has 0 saturated heterocycles. The van der Waals surface area contributed by atoms with E-state index in [4.69, 9.17) is 5.73 Å². The summed E-state index contributed by atoms with van der Waals surface area (Å²) in [7, 11) is 1.80. The molecule has 0 aliphatic heterocycles. The monoisotopic (exact) mass is 182 g/mol. The number of carbonyl (C=O) groups is 1. The maximum Gasteiger partial charge on any atom is 0.225 e. The van der Waals surface area contributed by atoms with Gasteiger partial charge >= 0.3 is 0 Å². The van der Waals surface area contributed by atoms with Crippen molar-refractivity contribution < 1.29 is 4.79 Å². The Morgan fingerprint density at radius 3 is 3.08 bits per heavy atom. The second kappa shape index (κ2) is 4.61. The first-order valence-corrected chi connectivity index (χ1v) is 4.22. The van der Waals surface area contributed by atoms with Crippen LogP contribution in [0.15, 0.2) is 12.3 Å². The largest absolute Gasteiger partial charge is 0.330 e. The van der Waals surface area contributed by atoms with Crippen LogP contribution in [0.25, 0.3) is 0 Å². The number of nitrogens with one attached hydrogen (secondary N) is 1. The van der Waals surface area contributed by atoms with E-state index in [9.17, 15) is 4.79 Å². The fourth-order valence-electron chi connectivity index (χ4n) is 0.950. The average Bonchev–Trinajstić information content (AvgIpc) is 2.48. The quantitative estimate of drug-likeness (QED) is 0.693. The number of anilines is 1. The Morgan fingerprint density at radius 2 is 2.54 bits per heavy atom. The molecule has 3 N–H and O–H groups in total. The van der Waals surface area contributed by atoms with Crippen LogP contribution in [-0.4, -0.2) is 22.2 Å². The molecule has 1 aromatic rings. The first kappa shape index (κ1) is 9.73. The van der Waals surface area contributed by atoms with E-state index in [0.717, 1.165) is 0 Å². The normalized spacial score (nSPS) is 10.0. The van der Waals surface area contributed by atoms with E-state index in [-0.39, 0.29) is 5.91 Å². The molecule has 0 aliphatic carbocycles. The minimum atomic E-state index is -0.0378. The molecule has 5 heteroatoms. The van der Waals surface area contributed by atoms with Gasteiger partial charge in [0.25, 0.3) is 0 Å². The summed E-state index contributed by atoms with van der Waals surface area (Å²) < 4.78 is 1.64. The van der Waals surface area contributed by atoms with Crippen molar-refractivity contribution in [3.05, 3.63) is 12.3 Å². The summed E-state index contributed by atoms with van der Waals surface area (Å²) in [4.78, 5) is 11.2. The maximum atomic E-state index is 11.2. The summed E-state index contributed by atoms with van der Waals surface area (Å²) in [5.74, 6) is 0.550. The van der Waals surface area contributed by atoms with Crippen LogP contribution in [0.4, 0.5) is 5.82 Å². The maximum absolute atomic E-state index is 11.2. The summed E-state index contributed by atoms with van der Waals surface area (Å²) in [6.07, 6.45) is 2.93. The van der Waals surface area contributed by atoms with Gasteiger partial charge in [0.05, 0.1) is 0 Å². The third-order valence-electron chi connectivity index (χ3n) is 1.59. The second-order valence-electron chi connectivity index (χ2n) is 2.82. The zero-order valence-electron chi connectivity index (χ0n) is 7.66. The van der Waals surface area contributed by atoms with Gasteiger partial charge in [-0.2, -0.15) is 5.10 Å². The van der Waals surface area contributed by atoms with Gasteiger partial charge in [-0.1, -0.05) is 0 Å². The van der Waals surface area contributed by atoms with Gasteiger partial charge in [-0.15, -0.1) is 0 Å². The van der Waals surface area contributed by atoms with Crippen molar-refractivity contribution in [2.75, 3.05) is 11.9 Å². The van der Waals surface area contributed by atoms with E-state index in [1.807, 2.05) is 0 Å². The van der Waals surface area contributed by atoms with Crippen molar-refractivity contribution in [3.63, 3.8) is 0 Å². The molecule has 72 valence electrons. The zero-order chi connectivity index (χ0) is 9.68. The highest BCUT2D eigenvalue weighted by molar-refractivity contribution is 5.89. The Morgan fingerprint density at radius 1 is 1.77 bits per heavy atom. The Balaban J connectivity index is 2.36. The smallest absolute Gasteiger partial charge is 0.225 e. The second-order valence-corrected chi connectivity index (χ2v) is 2.82. The van der Waals surface area contributed by atoms with E-state index >= 15 is 0 Å². The summed E-state index contributed by atoms with van der Waals surface area (Å²) in [6.45, 7) is 0.537. The SMILES string of the molecule is Cn1ccc(NC(=O)CCCN)n1. The lowest BCUT2D eigenvalue weighted by atomic mass is 10.3. The molecule has 1 rings (SSSR count). The zero-order valence-corrected chi connectivity index (χ0v) is 7.66. The summed E-state index contributed by atoms with van der Waals surface area (Å²) >= 11 is 0. The third-order valence-corrected chi connectivity index (χ3v) is 1.59. The van der Waals surface area contributed by atoms with E-state index in [1.54, 1.807) is 24.0 Å². The molecule has 13 heavy (non-hydrogen) atoms. The molecule has 1 aromatic heterocycles. The van der Waals surface area contributed by atoms with E-state index < -0.39 is 0 Å². The minimum absolute atomic E-state index is 0.0378. The van der Waals surface area contributed by atoms with Crippen LogP contribution in [0, 0.1) is 0 Å². The number of aryl methyl sites for hydroxylation is 1. The van der Waals surface area contributed by atoms with Gasteiger partial charge in [0.15, 0.2) is 5.82 Å². The van der Waals surface area contributed by atoms with Crippen LogP contribution >= 0.6 is 0 Å². The number of amides is 1. The molecule has 1 heterocycles. The highest BCUT2D eigenvalue weighted by Crippen LogP contribution is 2.01. The molecular formula is C8H14N4O. The lowest BCUT2D eigenvalue weighted by Crippen LogP contribution is -2.13. The van der Waals surface area contributed by atoms with Crippen molar-refractivity contribution in [1.82, 2.24) is 9.78 Å². The summed E-state index contributed by atoms with van der Waals surface area (Å²) in [5, 5.41) is 6.68. The van der Waals surface area contributed by atoms with Gasteiger partial charge < -0.3 is 11.1 Å². The number of nitrogens with two attached hydrogens (primary N) is 1. The van der Waals surface area contributed by atoms with Crippen molar-refractivity contribution in [2.24, 2.45) is 12.8 Å². The van der Waals surface area contributed by atoms with Crippen LogP contribution < -0.4 is 11.1 Å². The molecule has 5 nitrogen and oxygen atoms in total. The Hall–Kier alpha value is -1.36. The third kappa shape index (κ3) is 3.25. The number of aromatic nitrogens is 2. The topological polar surface area (TPSA) is 72.9 Å². The molecule has 0 aliphatic rings. The molecule has 0 unspecified atom stereocenters. The number of hydrogen-bond donors (Lipinski definition) is 2. The predicted molar refractivity (Wildman–Crippen MR) is 50.1 cm³/mol. The molecule has 0 bridgehead atoms. The van der Waals surface area contributed by atoms with Gasteiger partial charge in [0, 0.05) is 25.7 Å². The van der Waals surface area contributed by atoms with E-state index in [0.29, 0.717) is 25.2 Å². The molecule has 0 fully saturated rings. The van der Waals surface area contributed by atoms with Gasteiger partial charge in [-0.05, 0) is 13.0 Å². The number of hydrogen-bond acceptors (Lipinski definition) is 3. The van der Waals surface area contributed by atoms with Crippen molar-refractivity contribution in [1.29, 1.82) is 0 Å². The Bertz CT molecular complexity index is 281. The van der Waals surface area contributed by atoms with E-state index in [2.05, 4.69) is 10.4 Å². The highest BCUT2D eigenvalue weighted by atomic mass is 16.1. The summed E-state index contributed by atoms with van der Waals surface area (Å²) in [6, 6.07) is 1.75. The molecule has 0 radical (unpaired) electrons. The van der Waals surface area contributed by atoms with Gasteiger partial charge in [0.2, 0.25) is 5.91 Å². The van der Waals surface area contributed by atoms with Gasteiger partial charge in [-0.3, -0.25) is 9.48 Å². The fraction of sp³-hybridized carbons (Fsp3) is 0.500. The van der Waals surface area contributed by atoms with Crippen LogP contribution in [-0.2, 0) is 11.8 Å². The van der Waals surface area contributed by atoms with Gasteiger partial charge in [-0.25, -0.2) is 0 Å². The van der Waals surface area contributed by atoms with Crippen molar-refractivity contribution in [2.45, 2.75) is 12.8 Å². The van der Waals surface area contributed by atoms with Crippen molar-refractivity contribution >= 4 is 11.7 Å². The number of carbonyl (C=O) groups excluding carboxylic acids is 1. The van der Waals surface area contributed by atoms with Gasteiger partial charge in [0.1, 0.15) is 0 Å². The average molecular weight is 182 g/mol. The first-order valence-electron chi connectivity index (χ1n) is 4.22. The van der Waals surface area contributed by atoms with Crippen LogP contribution in [0.2, 0.25) is 0 Å². The number of rotatable bonds is 4. The number of nitrogens with zero attached hydrogens (tertiary/aromatic N) is 2. The first-order chi connectivity index (χ1) is 6.22. The molecule has 0 spiro atoms. The Labute approximate surface area is 76.9 Å². The van der Waals surface area contributed by atoms with Crippen LogP contribution in [0.1, 0.15) is 12.8 Å². The van der Waals surface area contributed by atoms with Crippen molar-refractivity contribution in [3.8, 4) is 0 Å². The van der Waals surface area contributed by atoms with Crippen LogP contribution in [0.3, 0.4) is 0 Å². The molecule has 1 amide bonds. The predicted octanol–water partition coefficient (Wildman–Crippen LogP) is 0.0975. The lowest BCUT2D eigenvalue weighted by Gasteiger charge is -1.99. The molecule has 0 atom stereocenters. The fourth-order valence-corrected chi connectivity index (χ4v) is 0.950. The highest BCUT2D eigenvalue weighted by Gasteiger charge is 2.02. The Kier molecular flexibility index (Phi) is 3.45. The summed E-state index contributed by atoms with van der Waals surface area (Å²) in [5.41, 5.74) is 5.27. The molecule has 0 aromatic carbocycles. The molecular weight excluding hydrogens is 168 g/mol. The van der Waals surface area contributed by atoms with Crippen LogP contribution in [0.5, 0.6) is 0 Å².